The minimum atomic E-state index is -3.59. The van der Waals surface area contributed by atoms with Crippen LogP contribution in [-0.2, 0) is 23.1 Å². The van der Waals surface area contributed by atoms with E-state index in [0.717, 1.165) is 11.1 Å². The van der Waals surface area contributed by atoms with Gasteiger partial charge in [-0.2, -0.15) is 15.6 Å². The minimum Gasteiger partial charge on any atom is -0.468 e. The maximum Gasteiger partial charge on any atom is 0.243 e. The number of aryl methyl sites for hydroxylation is 1. The second-order valence-corrected chi connectivity index (χ2v) is 8.02. The molecule has 0 fully saturated rings. The molecule has 1 aromatic carbocycles. The Morgan fingerprint density at radius 1 is 1.09 bits per heavy atom. The Morgan fingerprint density at radius 2 is 1.87 bits per heavy atom. The molecule has 0 saturated carbocycles. The van der Waals surface area contributed by atoms with Crippen LogP contribution in [0.2, 0.25) is 0 Å². The third-order valence-corrected chi connectivity index (χ3v) is 6.05. The molecular formula is C17H17NO3S2. The van der Waals surface area contributed by atoms with Crippen molar-refractivity contribution in [1.82, 2.24) is 4.31 Å². The van der Waals surface area contributed by atoms with Gasteiger partial charge in [0.2, 0.25) is 10.0 Å². The van der Waals surface area contributed by atoms with Crippen LogP contribution < -0.4 is 0 Å². The summed E-state index contributed by atoms with van der Waals surface area (Å²) in [5.74, 6) is 0.621. The zero-order chi connectivity index (χ0) is 16.3. The molecule has 0 spiro atoms. The number of rotatable bonds is 6. The monoisotopic (exact) mass is 347 g/mol. The maximum absolute atomic E-state index is 13.0. The van der Waals surface area contributed by atoms with Crippen LogP contribution in [0.5, 0.6) is 0 Å². The summed E-state index contributed by atoms with van der Waals surface area (Å²) >= 11 is 1.55. The van der Waals surface area contributed by atoms with Crippen molar-refractivity contribution in [3.8, 4) is 0 Å². The summed E-state index contributed by atoms with van der Waals surface area (Å²) < 4.78 is 32.7. The molecule has 2 aromatic heterocycles. The minimum absolute atomic E-state index is 0.207. The van der Waals surface area contributed by atoms with Gasteiger partial charge in [0.05, 0.1) is 17.7 Å². The molecule has 23 heavy (non-hydrogen) atoms. The molecular weight excluding hydrogens is 330 g/mol. The lowest BCUT2D eigenvalue weighted by molar-refractivity contribution is 0.359. The van der Waals surface area contributed by atoms with Gasteiger partial charge in [0.25, 0.3) is 0 Å². The lowest BCUT2D eigenvalue weighted by Crippen LogP contribution is -2.30. The van der Waals surface area contributed by atoms with Gasteiger partial charge in [-0.15, -0.1) is 0 Å². The molecule has 120 valence electrons. The van der Waals surface area contributed by atoms with E-state index < -0.39 is 10.0 Å². The number of hydrogen-bond donors (Lipinski definition) is 0. The quantitative estimate of drug-likeness (QED) is 0.676. The Bertz CT molecular complexity index is 800. The average Bonchev–Trinajstić information content (AvgIpc) is 3.20. The van der Waals surface area contributed by atoms with Crippen molar-refractivity contribution in [1.29, 1.82) is 0 Å². The topological polar surface area (TPSA) is 50.5 Å². The first-order chi connectivity index (χ1) is 11.1. The second-order valence-electron chi connectivity index (χ2n) is 5.30. The summed E-state index contributed by atoms with van der Waals surface area (Å²) in [5, 5.41) is 3.90. The Kier molecular flexibility index (Phi) is 4.66. The van der Waals surface area contributed by atoms with Gasteiger partial charge in [0.1, 0.15) is 5.76 Å². The van der Waals surface area contributed by atoms with Crippen LogP contribution in [0.4, 0.5) is 0 Å². The summed E-state index contributed by atoms with van der Waals surface area (Å²) in [6.07, 6.45) is 1.55. The average molecular weight is 347 g/mol. The molecule has 0 N–H and O–H groups in total. The predicted molar refractivity (Wildman–Crippen MR) is 90.6 cm³/mol. The van der Waals surface area contributed by atoms with Gasteiger partial charge in [-0.3, -0.25) is 0 Å². The third-order valence-electron chi connectivity index (χ3n) is 3.51. The van der Waals surface area contributed by atoms with Gasteiger partial charge >= 0.3 is 0 Å². The smallest absolute Gasteiger partial charge is 0.243 e. The van der Waals surface area contributed by atoms with Crippen molar-refractivity contribution in [2.45, 2.75) is 24.9 Å². The molecule has 6 heteroatoms. The van der Waals surface area contributed by atoms with Crippen LogP contribution in [0.3, 0.4) is 0 Å². The summed E-state index contributed by atoms with van der Waals surface area (Å²) in [6, 6.07) is 12.4. The maximum atomic E-state index is 13.0. The molecule has 0 atom stereocenters. The molecule has 3 rings (SSSR count). The summed E-state index contributed by atoms with van der Waals surface area (Å²) in [4.78, 5) is 0.296. The Hall–Kier alpha value is -1.89. The van der Waals surface area contributed by atoms with Gasteiger partial charge in [0, 0.05) is 6.54 Å². The first-order valence-corrected chi connectivity index (χ1v) is 9.54. The Morgan fingerprint density at radius 3 is 2.48 bits per heavy atom. The first-order valence-electron chi connectivity index (χ1n) is 7.16. The highest BCUT2D eigenvalue weighted by Gasteiger charge is 2.25. The van der Waals surface area contributed by atoms with Crippen molar-refractivity contribution < 1.29 is 12.8 Å². The molecule has 0 aliphatic carbocycles. The highest BCUT2D eigenvalue weighted by Crippen LogP contribution is 2.22. The Labute approximate surface area is 140 Å². The number of thiophene rings is 1. The lowest BCUT2D eigenvalue weighted by Gasteiger charge is -2.21. The number of sulfonamides is 1. The SMILES string of the molecule is Cc1ccc(S(=O)(=O)N(Cc2ccsc2)Cc2ccco2)cc1. The molecule has 0 unspecified atom stereocenters. The Balaban J connectivity index is 1.93. The number of benzene rings is 1. The molecule has 0 amide bonds. The van der Waals surface area contributed by atoms with E-state index in [0.29, 0.717) is 17.2 Å². The molecule has 0 saturated heterocycles. The zero-order valence-corrected chi connectivity index (χ0v) is 14.3. The van der Waals surface area contributed by atoms with E-state index in [2.05, 4.69) is 0 Å². The van der Waals surface area contributed by atoms with Gasteiger partial charge in [-0.25, -0.2) is 8.42 Å². The van der Waals surface area contributed by atoms with Crippen LogP contribution in [0.25, 0.3) is 0 Å². The largest absolute Gasteiger partial charge is 0.468 e. The predicted octanol–water partition coefficient (Wildman–Crippen LogP) is 4.04. The van der Waals surface area contributed by atoms with Crippen LogP contribution >= 0.6 is 11.3 Å². The molecule has 4 nitrogen and oxygen atoms in total. The highest BCUT2D eigenvalue weighted by molar-refractivity contribution is 7.89. The van der Waals surface area contributed by atoms with Crippen molar-refractivity contribution in [3.63, 3.8) is 0 Å². The molecule has 0 bridgehead atoms. The van der Waals surface area contributed by atoms with Gasteiger partial charge in [-0.1, -0.05) is 17.7 Å². The number of nitrogens with zero attached hydrogens (tertiary/aromatic N) is 1. The van der Waals surface area contributed by atoms with E-state index in [-0.39, 0.29) is 6.54 Å². The van der Waals surface area contributed by atoms with Gasteiger partial charge in [-0.05, 0) is 53.6 Å². The van der Waals surface area contributed by atoms with Crippen LogP contribution in [0, 0.1) is 6.92 Å². The van der Waals surface area contributed by atoms with E-state index in [1.165, 1.54) is 4.31 Å². The van der Waals surface area contributed by atoms with Crippen molar-refractivity contribution in [2.75, 3.05) is 0 Å². The molecule has 0 radical (unpaired) electrons. The molecule has 3 aromatic rings. The first kappa shape index (κ1) is 16.0. The summed E-state index contributed by atoms with van der Waals surface area (Å²) in [7, 11) is -3.59. The summed E-state index contributed by atoms with van der Waals surface area (Å²) in [5.41, 5.74) is 2.00. The van der Waals surface area contributed by atoms with Crippen molar-refractivity contribution in [2.24, 2.45) is 0 Å². The lowest BCUT2D eigenvalue weighted by atomic mass is 10.2. The van der Waals surface area contributed by atoms with E-state index in [1.54, 1.807) is 41.9 Å². The molecule has 0 aliphatic rings. The summed E-state index contributed by atoms with van der Waals surface area (Å²) in [6.45, 7) is 2.46. The fourth-order valence-electron chi connectivity index (χ4n) is 2.25. The fraction of sp³-hybridized carbons (Fsp3) is 0.176. The molecule has 2 heterocycles. The zero-order valence-electron chi connectivity index (χ0n) is 12.7. The van der Waals surface area contributed by atoms with E-state index >= 15 is 0 Å². The molecule has 0 aliphatic heterocycles. The van der Waals surface area contributed by atoms with E-state index in [4.69, 9.17) is 4.42 Å². The van der Waals surface area contributed by atoms with Crippen LogP contribution in [-0.4, -0.2) is 12.7 Å². The standard InChI is InChI=1S/C17H17NO3S2/c1-14-4-6-17(7-5-14)23(19,20)18(11-15-8-10-22-13-15)12-16-3-2-9-21-16/h2-10,13H,11-12H2,1H3. The normalized spacial score (nSPS) is 11.9. The second kappa shape index (κ2) is 6.70. The van der Waals surface area contributed by atoms with Gasteiger partial charge < -0.3 is 4.42 Å². The van der Waals surface area contributed by atoms with Crippen molar-refractivity contribution >= 4 is 21.4 Å². The third kappa shape index (κ3) is 3.72. The van der Waals surface area contributed by atoms with E-state index in [9.17, 15) is 8.42 Å². The highest BCUT2D eigenvalue weighted by atomic mass is 32.2. The van der Waals surface area contributed by atoms with Crippen molar-refractivity contribution in [3.05, 3.63) is 76.4 Å². The fourth-order valence-corrected chi connectivity index (χ4v) is 4.30. The van der Waals surface area contributed by atoms with Crippen LogP contribution in [0.15, 0.2) is 68.8 Å². The van der Waals surface area contributed by atoms with Gasteiger partial charge in [0.15, 0.2) is 0 Å². The van der Waals surface area contributed by atoms with E-state index in [1.807, 2.05) is 35.9 Å². The van der Waals surface area contributed by atoms with Crippen LogP contribution in [0.1, 0.15) is 16.9 Å². The number of furan rings is 1. The number of hydrogen-bond acceptors (Lipinski definition) is 4.